The average Bonchev–Trinajstić information content (AvgIpc) is 3.06. The van der Waals surface area contributed by atoms with Gasteiger partial charge in [-0.25, -0.2) is 23.1 Å². The van der Waals surface area contributed by atoms with Crippen molar-refractivity contribution < 1.29 is 8.42 Å². The van der Waals surface area contributed by atoms with E-state index in [0.29, 0.717) is 29.6 Å². The molecule has 9 nitrogen and oxygen atoms in total. The number of aromatic nitrogens is 4. The number of hydrogen-bond acceptors (Lipinski definition) is 7. The molecule has 3 aromatic rings. The zero-order valence-electron chi connectivity index (χ0n) is 13.2. The van der Waals surface area contributed by atoms with Crippen LogP contribution in [0.2, 0.25) is 0 Å². The van der Waals surface area contributed by atoms with Crippen LogP contribution in [0.1, 0.15) is 0 Å². The molecule has 2 aromatic heterocycles. The number of nitrogen functional groups attached to an aromatic ring is 1. The number of sulfonamides is 1. The highest BCUT2D eigenvalue weighted by Crippen LogP contribution is 2.21. The molecule has 0 bridgehead atoms. The Morgan fingerprint density at radius 2 is 1.92 bits per heavy atom. The van der Waals surface area contributed by atoms with Crippen molar-refractivity contribution in [3.63, 3.8) is 0 Å². The maximum absolute atomic E-state index is 12.1. The van der Waals surface area contributed by atoms with Gasteiger partial charge in [0, 0.05) is 19.3 Å². The number of H-pyrrole nitrogens is 1. The number of nitrogens with zero attached hydrogens (tertiary/aromatic N) is 3. The molecule has 0 aliphatic carbocycles. The maximum atomic E-state index is 12.1. The summed E-state index contributed by atoms with van der Waals surface area (Å²) in [5, 5.41) is 9.46. The minimum atomic E-state index is -3.52. The van der Waals surface area contributed by atoms with Crippen LogP contribution in [0.25, 0.3) is 11.3 Å². The first-order valence-corrected chi connectivity index (χ1v) is 8.95. The fourth-order valence-corrected chi connectivity index (χ4v) is 3.19. The van der Waals surface area contributed by atoms with Crippen molar-refractivity contribution in [2.24, 2.45) is 0 Å². The number of aromatic amines is 1. The molecule has 5 N–H and O–H groups in total. The van der Waals surface area contributed by atoms with Crippen LogP contribution in [0.3, 0.4) is 0 Å². The number of nitrogens with two attached hydrogens (primary N) is 1. The van der Waals surface area contributed by atoms with Gasteiger partial charge in [-0.15, -0.1) is 0 Å². The number of rotatable bonds is 7. The Hall–Kier alpha value is -2.98. The van der Waals surface area contributed by atoms with Gasteiger partial charge in [0.15, 0.2) is 0 Å². The van der Waals surface area contributed by atoms with E-state index in [4.69, 9.17) is 5.73 Å². The molecule has 0 saturated carbocycles. The van der Waals surface area contributed by atoms with Gasteiger partial charge < -0.3 is 11.1 Å². The molecular formula is C15H17N7O2S. The van der Waals surface area contributed by atoms with Crippen molar-refractivity contribution in [1.29, 1.82) is 0 Å². The van der Waals surface area contributed by atoms with E-state index in [-0.39, 0.29) is 11.4 Å². The Labute approximate surface area is 144 Å². The summed E-state index contributed by atoms with van der Waals surface area (Å²) >= 11 is 0. The molecule has 3 rings (SSSR count). The minimum Gasteiger partial charge on any atom is -0.384 e. The molecule has 0 aliphatic heterocycles. The monoisotopic (exact) mass is 359 g/mol. The molecule has 1 aromatic carbocycles. The van der Waals surface area contributed by atoms with E-state index >= 15 is 0 Å². The highest BCUT2D eigenvalue weighted by atomic mass is 32.2. The first-order chi connectivity index (χ1) is 12.1. The number of nitrogens with one attached hydrogen (secondary N) is 3. The molecule has 0 saturated heterocycles. The van der Waals surface area contributed by atoms with Crippen LogP contribution in [0.4, 0.5) is 11.8 Å². The first kappa shape index (κ1) is 16.9. The Bertz CT molecular complexity index is 941. The molecule has 2 heterocycles. The molecule has 130 valence electrons. The highest BCUT2D eigenvalue weighted by molar-refractivity contribution is 7.89. The van der Waals surface area contributed by atoms with Crippen molar-refractivity contribution in [3.8, 4) is 11.3 Å². The third-order valence-electron chi connectivity index (χ3n) is 3.35. The molecular weight excluding hydrogens is 342 g/mol. The van der Waals surface area contributed by atoms with E-state index in [1.165, 1.54) is 12.1 Å². The lowest BCUT2D eigenvalue weighted by Crippen LogP contribution is -2.29. The summed E-state index contributed by atoms with van der Waals surface area (Å²) in [7, 11) is -3.52. The topological polar surface area (TPSA) is 139 Å². The molecule has 0 fully saturated rings. The second kappa shape index (κ2) is 7.28. The van der Waals surface area contributed by atoms with Crippen LogP contribution < -0.4 is 15.8 Å². The van der Waals surface area contributed by atoms with Gasteiger partial charge in [0.2, 0.25) is 16.0 Å². The Morgan fingerprint density at radius 1 is 1.12 bits per heavy atom. The van der Waals surface area contributed by atoms with Gasteiger partial charge in [-0.3, -0.25) is 5.10 Å². The van der Waals surface area contributed by atoms with E-state index in [1.54, 1.807) is 36.7 Å². The Morgan fingerprint density at radius 3 is 2.64 bits per heavy atom. The molecule has 0 aliphatic rings. The Balaban J connectivity index is 1.57. The minimum absolute atomic E-state index is 0.193. The van der Waals surface area contributed by atoms with Crippen molar-refractivity contribution in [1.82, 2.24) is 24.9 Å². The van der Waals surface area contributed by atoms with Crippen LogP contribution in [0.5, 0.6) is 0 Å². The summed E-state index contributed by atoms with van der Waals surface area (Å²) < 4.78 is 26.7. The van der Waals surface area contributed by atoms with Gasteiger partial charge in [-0.05, 0) is 18.2 Å². The second-order valence-corrected chi connectivity index (χ2v) is 6.87. The zero-order valence-corrected chi connectivity index (χ0v) is 14.0. The maximum Gasteiger partial charge on any atom is 0.240 e. The standard InChI is InChI=1S/C15H17N7O2S/c16-14-12(10-19-22-14)13-6-7-17-15(21-13)18-8-9-20-25(23,24)11-4-2-1-3-5-11/h1-7,10,20H,8-9H2,(H3,16,19,22)(H,17,18,21). The summed E-state index contributed by atoms with van der Waals surface area (Å²) in [5.41, 5.74) is 7.07. The van der Waals surface area contributed by atoms with Crippen molar-refractivity contribution >= 4 is 21.8 Å². The second-order valence-electron chi connectivity index (χ2n) is 5.10. The predicted molar refractivity (Wildman–Crippen MR) is 94.1 cm³/mol. The summed E-state index contributed by atoms with van der Waals surface area (Å²) in [6, 6.07) is 9.90. The smallest absolute Gasteiger partial charge is 0.240 e. The number of hydrogen-bond donors (Lipinski definition) is 4. The van der Waals surface area contributed by atoms with Gasteiger partial charge >= 0.3 is 0 Å². The summed E-state index contributed by atoms with van der Waals surface area (Å²) in [6.07, 6.45) is 3.17. The molecule has 0 radical (unpaired) electrons. The molecule has 0 unspecified atom stereocenters. The van der Waals surface area contributed by atoms with E-state index in [9.17, 15) is 8.42 Å². The van der Waals surface area contributed by atoms with Crippen LogP contribution >= 0.6 is 0 Å². The van der Waals surface area contributed by atoms with Gasteiger partial charge in [0.25, 0.3) is 0 Å². The third-order valence-corrected chi connectivity index (χ3v) is 4.83. The lowest BCUT2D eigenvalue weighted by molar-refractivity contribution is 0.583. The summed E-state index contributed by atoms with van der Waals surface area (Å²) in [6.45, 7) is 0.523. The van der Waals surface area contributed by atoms with E-state index in [1.807, 2.05) is 0 Å². The lowest BCUT2D eigenvalue weighted by Gasteiger charge is -2.08. The van der Waals surface area contributed by atoms with E-state index < -0.39 is 10.0 Å². The van der Waals surface area contributed by atoms with Gasteiger partial charge in [-0.1, -0.05) is 18.2 Å². The molecule has 0 spiro atoms. The fourth-order valence-electron chi connectivity index (χ4n) is 2.14. The highest BCUT2D eigenvalue weighted by Gasteiger charge is 2.12. The van der Waals surface area contributed by atoms with Gasteiger partial charge in [0.1, 0.15) is 5.82 Å². The molecule has 25 heavy (non-hydrogen) atoms. The summed E-state index contributed by atoms with van der Waals surface area (Å²) in [5.74, 6) is 0.789. The number of benzene rings is 1. The van der Waals surface area contributed by atoms with E-state index in [0.717, 1.165) is 0 Å². The van der Waals surface area contributed by atoms with Crippen LogP contribution in [-0.4, -0.2) is 41.7 Å². The molecule has 10 heteroatoms. The quantitative estimate of drug-likeness (QED) is 0.458. The molecule has 0 amide bonds. The SMILES string of the molecule is Nc1[nH]ncc1-c1ccnc(NCCNS(=O)(=O)c2ccccc2)n1. The van der Waals surface area contributed by atoms with Crippen LogP contribution in [0, 0.1) is 0 Å². The van der Waals surface area contributed by atoms with Gasteiger partial charge in [0.05, 0.1) is 22.3 Å². The molecule has 0 atom stereocenters. The van der Waals surface area contributed by atoms with Crippen LogP contribution in [-0.2, 0) is 10.0 Å². The largest absolute Gasteiger partial charge is 0.384 e. The zero-order chi connectivity index (χ0) is 17.7. The summed E-state index contributed by atoms with van der Waals surface area (Å²) in [4.78, 5) is 8.65. The normalized spacial score (nSPS) is 11.4. The number of anilines is 2. The first-order valence-electron chi connectivity index (χ1n) is 7.47. The average molecular weight is 359 g/mol. The van der Waals surface area contributed by atoms with Crippen molar-refractivity contribution in [3.05, 3.63) is 48.8 Å². The van der Waals surface area contributed by atoms with Gasteiger partial charge in [-0.2, -0.15) is 5.10 Å². The van der Waals surface area contributed by atoms with E-state index in [2.05, 4.69) is 30.2 Å². The Kier molecular flexibility index (Phi) is 4.91. The fraction of sp³-hybridized carbons (Fsp3) is 0.133. The van der Waals surface area contributed by atoms with Crippen molar-refractivity contribution in [2.45, 2.75) is 4.90 Å². The van der Waals surface area contributed by atoms with Crippen LogP contribution in [0.15, 0.2) is 53.7 Å². The third kappa shape index (κ3) is 4.11. The van der Waals surface area contributed by atoms with Crippen molar-refractivity contribution in [2.75, 3.05) is 24.1 Å². The predicted octanol–water partition coefficient (Wildman–Crippen LogP) is 0.839. The lowest BCUT2D eigenvalue weighted by atomic mass is 10.2.